The molecule has 2 amide bonds. The first kappa shape index (κ1) is 13.8. The van der Waals surface area contributed by atoms with E-state index >= 15 is 0 Å². The smallest absolute Gasteiger partial charge is 0.319 e. The number of benzene rings is 1. The molecular weight excluding hydrogens is 232 g/mol. The number of anilines is 1. The van der Waals surface area contributed by atoms with Crippen LogP contribution in [-0.2, 0) is 0 Å². The first-order chi connectivity index (χ1) is 8.60. The number of amides is 2. The van der Waals surface area contributed by atoms with Crippen LogP contribution in [0, 0.1) is 5.41 Å². The van der Waals surface area contributed by atoms with Crippen molar-refractivity contribution in [3.63, 3.8) is 0 Å². The Bertz CT molecular complexity index is 446. The lowest BCUT2D eigenvalue weighted by Gasteiger charge is -2.14. The second-order valence-corrected chi connectivity index (χ2v) is 3.68. The Labute approximate surface area is 106 Å². The molecule has 0 atom stereocenters. The molecule has 1 rings (SSSR count). The van der Waals surface area contributed by atoms with Crippen molar-refractivity contribution in [1.82, 2.24) is 5.32 Å². The summed E-state index contributed by atoms with van der Waals surface area (Å²) in [6.45, 7) is 2.54. The van der Waals surface area contributed by atoms with Gasteiger partial charge >= 0.3 is 6.03 Å². The molecule has 0 aliphatic carbocycles. The molecule has 5 N–H and O–H groups in total. The van der Waals surface area contributed by atoms with Crippen LogP contribution in [-0.4, -0.2) is 25.5 Å². The van der Waals surface area contributed by atoms with E-state index in [-0.39, 0.29) is 11.9 Å². The number of ether oxygens (including phenoxy) is 1. The quantitative estimate of drug-likeness (QED) is 0.470. The molecule has 6 heteroatoms. The van der Waals surface area contributed by atoms with Gasteiger partial charge in [-0.05, 0) is 18.6 Å². The topological polar surface area (TPSA) is 100 Å². The third-order valence-corrected chi connectivity index (χ3v) is 2.31. The summed E-state index contributed by atoms with van der Waals surface area (Å²) < 4.78 is 5.15. The van der Waals surface area contributed by atoms with Crippen LogP contribution in [0.1, 0.15) is 18.9 Å². The third-order valence-electron chi connectivity index (χ3n) is 2.31. The molecule has 1 aromatic rings. The van der Waals surface area contributed by atoms with Gasteiger partial charge in [0.05, 0.1) is 12.8 Å². The van der Waals surface area contributed by atoms with Crippen LogP contribution in [0.4, 0.5) is 10.5 Å². The number of methoxy groups -OCH3 is 1. The lowest BCUT2D eigenvalue weighted by atomic mass is 10.1. The first-order valence-electron chi connectivity index (χ1n) is 5.66. The maximum Gasteiger partial charge on any atom is 0.319 e. The Kier molecular flexibility index (Phi) is 4.98. The Hall–Kier alpha value is -2.24. The van der Waals surface area contributed by atoms with Gasteiger partial charge in [0.1, 0.15) is 11.6 Å². The Morgan fingerprint density at radius 2 is 2.22 bits per heavy atom. The fourth-order valence-electron chi connectivity index (χ4n) is 1.45. The molecule has 0 fully saturated rings. The highest BCUT2D eigenvalue weighted by Gasteiger charge is 2.13. The van der Waals surface area contributed by atoms with E-state index in [1.807, 2.05) is 6.92 Å². The lowest BCUT2D eigenvalue weighted by Crippen LogP contribution is -2.30. The van der Waals surface area contributed by atoms with Gasteiger partial charge in [-0.25, -0.2) is 4.79 Å². The number of rotatable bonds is 5. The van der Waals surface area contributed by atoms with Crippen molar-refractivity contribution in [2.75, 3.05) is 19.0 Å². The molecule has 98 valence electrons. The number of carbonyl (C=O) groups excluding carboxylic acids is 1. The number of amidine groups is 1. The number of nitrogens with one attached hydrogen (secondary N) is 3. The summed E-state index contributed by atoms with van der Waals surface area (Å²) in [7, 11) is 1.49. The Balaban J connectivity index is 2.97. The van der Waals surface area contributed by atoms with Gasteiger partial charge in [-0.1, -0.05) is 13.0 Å². The van der Waals surface area contributed by atoms with E-state index in [1.165, 1.54) is 7.11 Å². The van der Waals surface area contributed by atoms with E-state index in [2.05, 4.69) is 10.6 Å². The van der Waals surface area contributed by atoms with E-state index in [4.69, 9.17) is 15.9 Å². The summed E-state index contributed by atoms with van der Waals surface area (Å²) in [6, 6.07) is 4.72. The van der Waals surface area contributed by atoms with Crippen molar-refractivity contribution in [1.29, 1.82) is 5.41 Å². The standard InChI is InChI=1S/C12H18N4O2/c1-3-7-15-12(17)16-10-8(11(13)14)5-4-6-9(10)18-2/h4-6H,3,7H2,1-2H3,(H3,13,14)(H2,15,16,17). The van der Waals surface area contributed by atoms with Crippen LogP contribution >= 0.6 is 0 Å². The lowest BCUT2D eigenvalue weighted by molar-refractivity contribution is 0.252. The minimum Gasteiger partial charge on any atom is -0.495 e. The van der Waals surface area contributed by atoms with E-state index in [1.54, 1.807) is 18.2 Å². The molecule has 0 aliphatic rings. The molecule has 18 heavy (non-hydrogen) atoms. The summed E-state index contributed by atoms with van der Waals surface area (Å²) >= 11 is 0. The van der Waals surface area contributed by atoms with Crippen LogP contribution in [0.15, 0.2) is 18.2 Å². The highest BCUT2D eigenvalue weighted by molar-refractivity contribution is 6.05. The van der Waals surface area contributed by atoms with Gasteiger partial charge in [-0.2, -0.15) is 0 Å². The molecular formula is C12H18N4O2. The Morgan fingerprint density at radius 3 is 2.78 bits per heavy atom. The van der Waals surface area contributed by atoms with Crippen LogP contribution in [0.2, 0.25) is 0 Å². The highest BCUT2D eigenvalue weighted by atomic mass is 16.5. The SMILES string of the molecule is CCCNC(=O)Nc1c(OC)cccc1C(=N)N. The van der Waals surface area contributed by atoms with Crippen molar-refractivity contribution in [2.45, 2.75) is 13.3 Å². The summed E-state index contributed by atoms with van der Waals surface area (Å²) in [5.74, 6) is 0.342. The van der Waals surface area contributed by atoms with Crippen LogP contribution in [0.5, 0.6) is 5.75 Å². The summed E-state index contributed by atoms with van der Waals surface area (Å²) in [6.07, 6.45) is 0.846. The number of nitrogens with two attached hydrogens (primary N) is 1. The molecule has 6 nitrogen and oxygen atoms in total. The number of para-hydroxylation sites is 1. The molecule has 0 heterocycles. The zero-order chi connectivity index (χ0) is 13.5. The minimum absolute atomic E-state index is 0.125. The second kappa shape index (κ2) is 6.48. The molecule has 1 aromatic carbocycles. The van der Waals surface area contributed by atoms with Gasteiger partial charge in [0.15, 0.2) is 0 Å². The van der Waals surface area contributed by atoms with Crippen LogP contribution in [0.25, 0.3) is 0 Å². The zero-order valence-electron chi connectivity index (χ0n) is 10.5. The first-order valence-corrected chi connectivity index (χ1v) is 5.66. The van der Waals surface area contributed by atoms with Gasteiger partial charge in [0, 0.05) is 12.1 Å². The summed E-state index contributed by atoms with van der Waals surface area (Å²) in [5, 5.41) is 12.8. The Morgan fingerprint density at radius 1 is 1.50 bits per heavy atom. The van der Waals surface area contributed by atoms with Crippen molar-refractivity contribution < 1.29 is 9.53 Å². The van der Waals surface area contributed by atoms with Crippen LogP contribution < -0.4 is 21.1 Å². The predicted molar refractivity (Wildman–Crippen MR) is 71.3 cm³/mol. The molecule has 0 saturated heterocycles. The molecule has 0 bridgehead atoms. The zero-order valence-corrected chi connectivity index (χ0v) is 10.5. The highest BCUT2D eigenvalue weighted by Crippen LogP contribution is 2.27. The van der Waals surface area contributed by atoms with Crippen molar-refractivity contribution >= 4 is 17.6 Å². The van der Waals surface area contributed by atoms with Crippen molar-refractivity contribution in [3.05, 3.63) is 23.8 Å². The van der Waals surface area contributed by atoms with Gasteiger partial charge in [0.25, 0.3) is 0 Å². The van der Waals surface area contributed by atoms with Gasteiger partial charge < -0.3 is 21.1 Å². The molecule has 0 aromatic heterocycles. The molecule has 0 spiro atoms. The monoisotopic (exact) mass is 250 g/mol. The molecule has 0 aliphatic heterocycles. The molecule has 0 unspecified atom stereocenters. The minimum atomic E-state index is -0.344. The van der Waals surface area contributed by atoms with E-state index in [9.17, 15) is 4.79 Å². The maximum absolute atomic E-state index is 11.6. The van der Waals surface area contributed by atoms with E-state index in [0.717, 1.165) is 6.42 Å². The number of carbonyl (C=O) groups is 1. The van der Waals surface area contributed by atoms with Gasteiger partial charge in [-0.3, -0.25) is 5.41 Å². The molecule has 0 saturated carbocycles. The fourth-order valence-corrected chi connectivity index (χ4v) is 1.45. The summed E-state index contributed by atoms with van der Waals surface area (Å²) in [5.41, 5.74) is 6.31. The van der Waals surface area contributed by atoms with E-state index in [0.29, 0.717) is 23.5 Å². The van der Waals surface area contributed by atoms with Crippen molar-refractivity contribution in [2.24, 2.45) is 5.73 Å². The van der Waals surface area contributed by atoms with E-state index < -0.39 is 0 Å². The average Bonchev–Trinajstić information content (AvgIpc) is 2.36. The van der Waals surface area contributed by atoms with Gasteiger partial charge in [-0.15, -0.1) is 0 Å². The third kappa shape index (κ3) is 3.38. The average molecular weight is 250 g/mol. The second-order valence-electron chi connectivity index (χ2n) is 3.68. The normalized spacial score (nSPS) is 9.67. The molecule has 0 radical (unpaired) electrons. The number of hydrogen-bond donors (Lipinski definition) is 4. The van der Waals surface area contributed by atoms with Crippen molar-refractivity contribution in [3.8, 4) is 5.75 Å². The number of hydrogen-bond acceptors (Lipinski definition) is 3. The van der Waals surface area contributed by atoms with Crippen LogP contribution in [0.3, 0.4) is 0 Å². The maximum atomic E-state index is 11.6. The van der Waals surface area contributed by atoms with Gasteiger partial charge in [0.2, 0.25) is 0 Å². The largest absolute Gasteiger partial charge is 0.495 e. The predicted octanol–water partition coefficient (Wildman–Crippen LogP) is 1.51. The fraction of sp³-hybridized carbons (Fsp3) is 0.333. The summed E-state index contributed by atoms with van der Waals surface area (Å²) in [4.78, 5) is 11.6. The number of nitrogen functional groups attached to an aromatic ring is 1. The number of urea groups is 1.